The van der Waals surface area contributed by atoms with E-state index in [0.29, 0.717) is 13.0 Å². The average Bonchev–Trinajstić information content (AvgIpc) is 2.34. The second-order valence-corrected chi connectivity index (χ2v) is 9.15. The van der Waals surface area contributed by atoms with Gasteiger partial charge in [0.05, 0.1) is 12.2 Å². The maximum Gasteiger partial charge on any atom is 0.332 e. The Morgan fingerprint density at radius 1 is 1.20 bits per heavy atom. The highest BCUT2D eigenvalue weighted by Crippen LogP contribution is 2.21. The summed E-state index contributed by atoms with van der Waals surface area (Å²) in [6.45, 7) is 8.71. The van der Waals surface area contributed by atoms with Crippen molar-refractivity contribution in [2.75, 3.05) is 13.2 Å². The predicted octanol–water partition coefficient (Wildman–Crippen LogP) is 3.60. The fourth-order valence-electron chi connectivity index (χ4n) is 2.01. The van der Waals surface area contributed by atoms with Gasteiger partial charge in [-0.25, -0.2) is 0 Å². The molecular formula is C16H26O3Si. The first-order chi connectivity index (χ1) is 9.35. The van der Waals surface area contributed by atoms with E-state index in [1.807, 2.05) is 57.3 Å². The van der Waals surface area contributed by atoms with Crippen molar-refractivity contribution in [2.45, 2.75) is 39.0 Å². The Hall–Kier alpha value is -0.943. The van der Waals surface area contributed by atoms with Gasteiger partial charge < -0.3 is 14.0 Å². The van der Waals surface area contributed by atoms with Gasteiger partial charge in [0.15, 0.2) is 0 Å². The van der Waals surface area contributed by atoms with Crippen LogP contribution in [0.2, 0.25) is 13.1 Å². The van der Waals surface area contributed by atoms with Crippen LogP contribution in [0.5, 0.6) is 0 Å². The van der Waals surface area contributed by atoms with Gasteiger partial charge in [-0.05, 0) is 38.9 Å². The lowest BCUT2D eigenvalue weighted by Crippen LogP contribution is -2.44. The topological polar surface area (TPSA) is 38.7 Å². The van der Waals surface area contributed by atoms with Gasteiger partial charge in [0.25, 0.3) is 0 Å². The molecule has 0 aromatic heterocycles. The summed E-state index contributed by atoms with van der Waals surface area (Å²) in [4.78, 5) is 0. The van der Waals surface area contributed by atoms with Gasteiger partial charge in [-0.1, -0.05) is 42.5 Å². The summed E-state index contributed by atoms with van der Waals surface area (Å²) in [5, 5.41) is 9.02. The number of hydrogen-bond acceptors (Lipinski definition) is 3. The Balaban J connectivity index is 2.41. The fraction of sp³-hybridized carbons (Fsp3) is 0.500. The zero-order valence-electron chi connectivity index (χ0n) is 12.9. The van der Waals surface area contributed by atoms with E-state index in [2.05, 4.69) is 12.1 Å². The Morgan fingerprint density at radius 2 is 1.85 bits per heavy atom. The summed E-state index contributed by atoms with van der Waals surface area (Å²) in [6, 6.07) is 10.1. The van der Waals surface area contributed by atoms with Crippen LogP contribution >= 0.6 is 0 Å². The molecule has 4 heteroatoms. The normalized spacial score (nSPS) is 13.1. The van der Waals surface area contributed by atoms with Gasteiger partial charge in [-0.2, -0.15) is 0 Å². The molecule has 0 spiro atoms. The van der Waals surface area contributed by atoms with E-state index in [9.17, 15) is 0 Å². The zero-order valence-corrected chi connectivity index (χ0v) is 13.9. The van der Waals surface area contributed by atoms with Crippen LogP contribution in [0.4, 0.5) is 0 Å². The van der Waals surface area contributed by atoms with Gasteiger partial charge in [-0.3, -0.25) is 0 Å². The molecule has 1 N–H and O–H groups in total. The Kier molecular flexibility index (Phi) is 6.62. The molecule has 0 unspecified atom stereocenters. The van der Waals surface area contributed by atoms with Gasteiger partial charge in [0.1, 0.15) is 0 Å². The van der Waals surface area contributed by atoms with Crippen LogP contribution < -0.4 is 0 Å². The molecule has 0 atom stereocenters. The molecular weight excluding hydrogens is 268 g/mol. The molecule has 0 fully saturated rings. The first-order valence-electron chi connectivity index (χ1n) is 7.01. The molecule has 0 aliphatic rings. The second kappa shape index (κ2) is 7.74. The first-order valence-corrected chi connectivity index (χ1v) is 9.83. The summed E-state index contributed by atoms with van der Waals surface area (Å²) in [5.41, 5.74) is 0.824. The standard InChI is InChI=1S/C16H26O3Si/c1-16(2,12-13-17)19-20(3,4)18-14-8-11-15-9-6-5-7-10-15/h5-11,17H,12-14H2,1-4H3/b11-8+. The van der Waals surface area contributed by atoms with E-state index in [1.165, 1.54) is 0 Å². The third kappa shape index (κ3) is 7.00. The number of hydrogen-bond donors (Lipinski definition) is 1. The number of rotatable bonds is 8. The molecule has 0 bridgehead atoms. The third-order valence-corrected chi connectivity index (χ3v) is 4.78. The van der Waals surface area contributed by atoms with Crippen LogP contribution in [-0.2, 0) is 8.85 Å². The fourth-order valence-corrected chi connectivity index (χ4v) is 4.00. The van der Waals surface area contributed by atoms with Crippen LogP contribution in [0.25, 0.3) is 6.08 Å². The van der Waals surface area contributed by atoms with E-state index in [0.717, 1.165) is 5.56 Å². The maximum atomic E-state index is 9.02. The molecule has 20 heavy (non-hydrogen) atoms. The van der Waals surface area contributed by atoms with E-state index in [1.54, 1.807) is 0 Å². The van der Waals surface area contributed by atoms with E-state index < -0.39 is 8.56 Å². The molecule has 0 saturated heterocycles. The Bertz CT molecular complexity index is 413. The van der Waals surface area contributed by atoms with Gasteiger partial charge in [0, 0.05) is 6.61 Å². The minimum Gasteiger partial charge on any atom is -0.396 e. The third-order valence-electron chi connectivity index (χ3n) is 2.87. The molecule has 3 nitrogen and oxygen atoms in total. The largest absolute Gasteiger partial charge is 0.396 e. The van der Waals surface area contributed by atoms with E-state index >= 15 is 0 Å². The molecule has 0 heterocycles. The Morgan fingerprint density at radius 3 is 2.45 bits per heavy atom. The lowest BCUT2D eigenvalue weighted by molar-refractivity contribution is 0.0368. The van der Waals surface area contributed by atoms with E-state index in [4.69, 9.17) is 14.0 Å². The zero-order chi connectivity index (χ0) is 15.1. The molecule has 1 rings (SSSR count). The molecule has 1 aromatic rings. The second-order valence-electron chi connectivity index (χ2n) is 5.86. The minimum atomic E-state index is -2.18. The van der Waals surface area contributed by atoms with Crippen molar-refractivity contribution in [3.63, 3.8) is 0 Å². The van der Waals surface area contributed by atoms with Crippen LogP contribution in [0, 0.1) is 0 Å². The van der Waals surface area contributed by atoms with Gasteiger partial charge in [0.2, 0.25) is 0 Å². The van der Waals surface area contributed by atoms with Crippen molar-refractivity contribution in [1.82, 2.24) is 0 Å². The highest BCUT2D eigenvalue weighted by atomic mass is 28.4. The molecule has 112 valence electrons. The molecule has 0 radical (unpaired) electrons. The van der Waals surface area contributed by atoms with Crippen molar-refractivity contribution >= 4 is 14.6 Å². The van der Waals surface area contributed by atoms with Crippen LogP contribution in [0.3, 0.4) is 0 Å². The van der Waals surface area contributed by atoms with Crippen LogP contribution in [0.1, 0.15) is 25.8 Å². The highest BCUT2D eigenvalue weighted by Gasteiger charge is 2.32. The monoisotopic (exact) mass is 294 g/mol. The molecule has 0 amide bonds. The van der Waals surface area contributed by atoms with E-state index in [-0.39, 0.29) is 12.2 Å². The summed E-state index contributed by atoms with van der Waals surface area (Å²) >= 11 is 0. The average molecular weight is 294 g/mol. The summed E-state index contributed by atoms with van der Waals surface area (Å²) in [7, 11) is -2.18. The minimum absolute atomic E-state index is 0.130. The molecule has 0 aliphatic heterocycles. The first kappa shape index (κ1) is 17.1. The quantitative estimate of drug-likeness (QED) is 0.745. The SMILES string of the molecule is CC(C)(CCO)O[Si](C)(C)OC/C=C/c1ccccc1. The van der Waals surface area contributed by atoms with Crippen molar-refractivity contribution in [1.29, 1.82) is 0 Å². The maximum absolute atomic E-state index is 9.02. The highest BCUT2D eigenvalue weighted by molar-refractivity contribution is 6.64. The van der Waals surface area contributed by atoms with Crippen molar-refractivity contribution in [3.05, 3.63) is 42.0 Å². The molecule has 1 aromatic carbocycles. The number of aliphatic hydroxyl groups is 1. The summed E-state index contributed by atoms with van der Waals surface area (Å²) < 4.78 is 11.9. The predicted molar refractivity (Wildman–Crippen MR) is 85.8 cm³/mol. The Labute approximate surface area is 123 Å². The van der Waals surface area contributed by atoms with Crippen molar-refractivity contribution in [3.8, 4) is 0 Å². The number of aliphatic hydroxyl groups excluding tert-OH is 1. The van der Waals surface area contributed by atoms with Crippen LogP contribution in [-0.4, -0.2) is 32.5 Å². The summed E-state index contributed by atoms with van der Waals surface area (Å²) in [5.74, 6) is 0. The van der Waals surface area contributed by atoms with Crippen molar-refractivity contribution < 1.29 is 14.0 Å². The molecule has 0 aliphatic carbocycles. The van der Waals surface area contributed by atoms with Crippen LogP contribution in [0.15, 0.2) is 36.4 Å². The van der Waals surface area contributed by atoms with Gasteiger partial charge >= 0.3 is 8.56 Å². The van der Waals surface area contributed by atoms with Gasteiger partial charge in [-0.15, -0.1) is 0 Å². The summed E-state index contributed by atoms with van der Waals surface area (Å²) in [6.07, 6.45) is 4.67. The lowest BCUT2D eigenvalue weighted by atomic mass is 10.1. The molecule has 0 saturated carbocycles. The lowest BCUT2D eigenvalue weighted by Gasteiger charge is -2.33. The number of benzene rings is 1. The van der Waals surface area contributed by atoms with Crippen molar-refractivity contribution in [2.24, 2.45) is 0 Å². The smallest absolute Gasteiger partial charge is 0.332 e.